The zero-order valence-corrected chi connectivity index (χ0v) is 11.8. The van der Waals surface area contributed by atoms with Crippen LogP contribution in [0.4, 0.5) is 0 Å². The van der Waals surface area contributed by atoms with E-state index in [1.54, 1.807) is 6.20 Å². The van der Waals surface area contributed by atoms with Crippen LogP contribution in [0.25, 0.3) is 11.0 Å². The van der Waals surface area contributed by atoms with Gasteiger partial charge >= 0.3 is 0 Å². The van der Waals surface area contributed by atoms with E-state index >= 15 is 0 Å². The quantitative estimate of drug-likeness (QED) is 0.770. The third-order valence-electron chi connectivity index (χ3n) is 3.98. The van der Waals surface area contributed by atoms with Crippen molar-refractivity contribution in [3.05, 3.63) is 66.0 Å². The molecule has 3 N–H and O–H groups in total. The Morgan fingerprint density at radius 3 is 2.71 bits per heavy atom. The lowest BCUT2D eigenvalue weighted by Crippen LogP contribution is -2.30. The Hall–Kier alpha value is -2.62. The van der Waals surface area contributed by atoms with E-state index < -0.39 is 5.41 Å². The van der Waals surface area contributed by atoms with Crippen molar-refractivity contribution < 1.29 is 4.79 Å². The molecule has 0 saturated heterocycles. The van der Waals surface area contributed by atoms with E-state index in [0.717, 1.165) is 22.2 Å². The highest BCUT2D eigenvalue weighted by Crippen LogP contribution is 2.38. The van der Waals surface area contributed by atoms with Crippen LogP contribution in [0.5, 0.6) is 0 Å². The Morgan fingerprint density at radius 1 is 1.24 bits per heavy atom. The Labute approximate surface area is 123 Å². The van der Waals surface area contributed by atoms with Gasteiger partial charge in [0.05, 0.1) is 0 Å². The number of rotatable bonds is 4. The molecular formula is C17H17N3O. The molecule has 0 aliphatic rings. The summed E-state index contributed by atoms with van der Waals surface area (Å²) >= 11 is 0. The van der Waals surface area contributed by atoms with Crippen LogP contribution < -0.4 is 5.73 Å². The average Bonchev–Trinajstić information content (AvgIpc) is 2.92. The van der Waals surface area contributed by atoms with Crippen molar-refractivity contribution in [1.29, 1.82) is 0 Å². The number of aromatic nitrogens is 2. The first kappa shape index (κ1) is 13.4. The molecule has 1 atom stereocenters. The minimum absolute atomic E-state index is 0.249. The van der Waals surface area contributed by atoms with Crippen molar-refractivity contribution in [2.75, 3.05) is 0 Å². The molecule has 3 rings (SSSR count). The first-order chi connectivity index (χ1) is 10.1. The van der Waals surface area contributed by atoms with E-state index in [-0.39, 0.29) is 12.3 Å². The van der Waals surface area contributed by atoms with Crippen LogP contribution in [-0.2, 0) is 10.2 Å². The second-order valence-corrected chi connectivity index (χ2v) is 5.44. The molecule has 0 radical (unpaired) electrons. The fourth-order valence-corrected chi connectivity index (χ4v) is 2.92. The molecule has 106 valence electrons. The van der Waals surface area contributed by atoms with Gasteiger partial charge in [-0.15, -0.1) is 0 Å². The van der Waals surface area contributed by atoms with E-state index in [4.69, 9.17) is 5.73 Å². The van der Waals surface area contributed by atoms with Crippen LogP contribution in [0, 0.1) is 0 Å². The van der Waals surface area contributed by atoms with Crippen LogP contribution in [0.3, 0.4) is 0 Å². The van der Waals surface area contributed by atoms with Crippen molar-refractivity contribution in [3.63, 3.8) is 0 Å². The van der Waals surface area contributed by atoms with Crippen molar-refractivity contribution in [3.8, 4) is 0 Å². The second kappa shape index (κ2) is 5.05. The number of aromatic amines is 1. The molecule has 0 saturated carbocycles. The number of nitrogens with one attached hydrogen (secondary N) is 1. The predicted molar refractivity (Wildman–Crippen MR) is 82.8 cm³/mol. The minimum atomic E-state index is -0.478. The van der Waals surface area contributed by atoms with Gasteiger partial charge in [0, 0.05) is 29.6 Å². The van der Waals surface area contributed by atoms with Gasteiger partial charge in [0.25, 0.3) is 0 Å². The van der Waals surface area contributed by atoms with Gasteiger partial charge < -0.3 is 10.7 Å². The number of fused-ring (bicyclic) bond motifs is 1. The number of nitrogens with two attached hydrogens (primary N) is 1. The molecule has 0 aliphatic heterocycles. The second-order valence-electron chi connectivity index (χ2n) is 5.44. The number of nitrogens with zero attached hydrogens (tertiary/aromatic N) is 1. The monoisotopic (exact) mass is 279 g/mol. The fraction of sp³-hybridized carbons (Fsp3) is 0.176. The zero-order valence-electron chi connectivity index (χ0n) is 11.8. The summed E-state index contributed by atoms with van der Waals surface area (Å²) < 4.78 is 0. The third kappa shape index (κ3) is 2.29. The van der Waals surface area contributed by atoms with E-state index in [1.165, 1.54) is 0 Å². The molecule has 1 aromatic carbocycles. The zero-order chi connectivity index (χ0) is 14.9. The number of H-pyrrole nitrogens is 1. The summed E-state index contributed by atoms with van der Waals surface area (Å²) in [7, 11) is 0. The van der Waals surface area contributed by atoms with E-state index in [1.807, 2.05) is 55.6 Å². The third-order valence-corrected chi connectivity index (χ3v) is 3.98. The molecule has 4 heteroatoms. The smallest absolute Gasteiger partial charge is 0.218 e. The largest absolute Gasteiger partial charge is 0.370 e. The van der Waals surface area contributed by atoms with Crippen molar-refractivity contribution in [1.82, 2.24) is 9.97 Å². The van der Waals surface area contributed by atoms with Gasteiger partial charge in [-0.1, -0.05) is 37.3 Å². The molecule has 1 amide bonds. The lowest BCUT2D eigenvalue weighted by Gasteiger charge is -2.29. The SMILES string of the molecule is CC(CC(N)=O)(c1ccccc1)c1c[nH]c2ncccc12. The maximum absolute atomic E-state index is 11.6. The summed E-state index contributed by atoms with van der Waals surface area (Å²) in [6.07, 6.45) is 3.92. The summed E-state index contributed by atoms with van der Waals surface area (Å²) in [4.78, 5) is 19.1. The van der Waals surface area contributed by atoms with E-state index in [2.05, 4.69) is 9.97 Å². The van der Waals surface area contributed by atoms with Gasteiger partial charge in [0.1, 0.15) is 5.65 Å². The molecule has 21 heavy (non-hydrogen) atoms. The van der Waals surface area contributed by atoms with Crippen molar-refractivity contribution >= 4 is 16.9 Å². The Balaban J connectivity index is 2.22. The predicted octanol–water partition coefficient (Wildman–Crippen LogP) is 2.74. The van der Waals surface area contributed by atoms with E-state index in [0.29, 0.717) is 0 Å². The van der Waals surface area contributed by atoms with Gasteiger partial charge in [-0.2, -0.15) is 0 Å². The number of primary amides is 1. The maximum Gasteiger partial charge on any atom is 0.218 e. The van der Waals surface area contributed by atoms with Gasteiger partial charge in [0.2, 0.25) is 5.91 Å². The van der Waals surface area contributed by atoms with Crippen LogP contribution in [0.2, 0.25) is 0 Å². The lowest BCUT2D eigenvalue weighted by atomic mass is 9.73. The maximum atomic E-state index is 11.6. The molecule has 0 bridgehead atoms. The molecule has 4 nitrogen and oxygen atoms in total. The van der Waals surface area contributed by atoms with Crippen LogP contribution >= 0.6 is 0 Å². The number of carbonyl (C=O) groups is 1. The minimum Gasteiger partial charge on any atom is -0.370 e. The molecule has 2 heterocycles. The summed E-state index contributed by atoms with van der Waals surface area (Å²) in [5.74, 6) is -0.320. The average molecular weight is 279 g/mol. The molecule has 2 aromatic heterocycles. The molecule has 0 aliphatic carbocycles. The van der Waals surface area contributed by atoms with Gasteiger partial charge in [-0.05, 0) is 23.3 Å². The number of hydrogen-bond donors (Lipinski definition) is 2. The molecule has 0 fully saturated rings. The fourth-order valence-electron chi connectivity index (χ4n) is 2.92. The first-order valence-electron chi connectivity index (χ1n) is 6.88. The highest BCUT2D eigenvalue weighted by molar-refractivity contribution is 5.84. The first-order valence-corrected chi connectivity index (χ1v) is 6.88. The van der Waals surface area contributed by atoms with Crippen LogP contribution in [0.1, 0.15) is 24.5 Å². The Morgan fingerprint density at radius 2 is 2.00 bits per heavy atom. The number of pyridine rings is 1. The summed E-state index contributed by atoms with van der Waals surface area (Å²) in [5, 5.41) is 1.02. The Bertz CT molecular complexity index is 779. The van der Waals surface area contributed by atoms with Crippen LogP contribution in [0.15, 0.2) is 54.9 Å². The number of amides is 1. The standard InChI is InChI=1S/C17H17N3O/c1-17(10-15(18)21,12-6-3-2-4-7-12)14-11-20-16-13(14)8-5-9-19-16/h2-9,11H,10H2,1H3,(H2,18,21)(H,19,20). The highest BCUT2D eigenvalue weighted by atomic mass is 16.1. The molecule has 3 aromatic rings. The molecule has 1 unspecified atom stereocenters. The lowest BCUT2D eigenvalue weighted by molar-refractivity contribution is -0.118. The van der Waals surface area contributed by atoms with Gasteiger partial charge in [0.15, 0.2) is 0 Å². The molecular weight excluding hydrogens is 262 g/mol. The Kier molecular flexibility index (Phi) is 3.22. The normalized spacial score (nSPS) is 14.0. The molecule has 0 spiro atoms. The number of carbonyl (C=O) groups excluding carboxylic acids is 1. The summed E-state index contributed by atoms with van der Waals surface area (Å²) in [6, 6.07) is 13.9. The van der Waals surface area contributed by atoms with Gasteiger partial charge in [-0.25, -0.2) is 4.98 Å². The van der Waals surface area contributed by atoms with Crippen molar-refractivity contribution in [2.24, 2.45) is 5.73 Å². The van der Waals surface area contributed by atoms with Crippen LogP contribution in [-0.4, -0.2) is 15.9 Å². The van der Waals surface area contributed by atoms with Crippen molar-refractivity contribution in [2.45, 2.75) is 18.8 Å². The number of hydrogen-bond acceptors (Lipinski definition) is 2. The topological polar surface area (TPSA) is 71.8 Å². The van der Waals surface area contributed by atoms with Gasteiger partial charge in [-0.3, -0.25) is 4.79 Å². The summed E-state index contributed by atoms with van der Waals surface area (Å²) in [6.45, 7) is 2.04. The van der Waals surface area contributed by atoms with E-state index in [9.17, 15) is 4.79 Å². The summed E-state index contributed by atoms with van der Waals surface area (Å²) in [5.41, 5.74) is 7.94. The number of benzene rings is 1. The highest BCUT2D eigenvalue weighted by Gasteiger charge is 2.33.